The molecule has 4 nitrogen and oxygen atoms in total. The van der Waals surface area contributed by atoms with Crippen LogP contribution in [-0.2, 0) is 10.0 Å². The van der Waals surface area contributed by atoms with Gasteiger partial charge in [0.2, 0.25) is 10.0 Å². The van der Waals surface area contributed by atoms with E-state index in [0.29, 0.717) is 24.0 Å². The highest BCUT2D eigenvalue weighted by molar-refractivity contribution is 9.11. The largest absolute Gasteiger partial charge is 0.298 e. The summed E-state index contributed by atoms with van der Waals surface area (Å²) in [7, 11) is -3.33. The molecule has 1 aliphatic heterocycles. The summed E-state index contributed by atoms with van der Waals surface area (Å²) in [5.41, 5.74) is 0. The van der Waals surface area contributed by atoms with Gasteiger partial charge < -0.3 is 0 Å². The van der Waals surface area contributed by atoms with Gasteiger partial charge in [0, 0.05) is 37.1 Å². The van der Waals surface area contributed by atoms with Crippen molar-refractivity contribution in [2.24, 2.45) is 0 Å². The van der Waals surface area contributed by atoms with E-state index in [-0.39, 0.29) is 0 Å². The number of halogens is 1. The molecule has 2 heterocycles. The molecule has 1 aromatic heterocycles. The first-order chi connectivity index (χ1) is 8.82. The van der Waals surface area contributed by atoms with Crippen LogP contribution in [0, 0.1) is 6.92 Å². The number of hydrogen-bond donors (Lipinski definition) is 0. The lowest BCUT2D eigenvalue weighted by molar-refractivity contribution is 0.154. The Morgan fingerprint density at radius 3 is 2.26 bits per heavy atom. The predicted molar refractivity (Wildman–Crippen MR) is 82.2 cm³/mol. The molecular formula is C12H19BrN2O2S2. The van der Waals surface area contributed by atoms with Gasteiger partial charge in [0.15, 0.2) is 0 Å². The molecule has 1 aliphatic rings. The fourth-order valence-electron chi connectivity index (χ4n) is 2.29. The third-order valence-corrected chi connectivity index (χ3v) is 7.17. The van der Waals surface area contributed by atoms with Crippen LogP contribution in [0.3, 0.4) is 0 Å². The van der Waals surface area contributed by atoms with E-state index in [1.165, 1.54) is 11.3 Å². The van der Waals surface area contributed by atoms with Gasteiger partial charge in [0.1, 0.15) is 0 Å². The lowest BCUT2D eigenvalue weighted by Gasteiger charge is -2.36. The first-order valence-corrected chi connectivity index (χ1v) is 9.37. The van der Waals surface area contributed by atoms with E-state index < -0.39 is 10.0 Å². The molecule has 7 heteroatoms. The first kappa shape index (κ1) is 15.4. The van der Waals surface area contributed by atoms with Crippen molar-refractivity contribution in [3.05, 3.63) is 14.7 Å². The SMILES string of the molecule is Cc1sc(Br)cc1S(=O)(=O)N1CCN(C(C)C)CC1. The van der Waals surface area contributed by atoms with E-state index in [4.69, 9.17) is 0 Å². The van der Waals surface area contributed by atoms with E-state index in [0.717, 1.165) is 21.8 Å². The Morgan fingerprint density at radius 2 is 1.84 bits per heavy atom. The summed E-state index contributed by atoms with van der Waals surface area (Å²) in [5, 5.41) is 0. The Kier molecular flexibility index (Phi) is 4.72. The van der Waals surface area contributed by atoms with Crippen molar-refractivity contribution in [2.75, 3.05) is 26.2 Å². The van der Waals surface area contributed by atoms with Crippen LogP contribution in [0.25, 0.3) is 0 Å². The Balaban J connectivity index is 2.16. The maximum atomic E-state index is 12.6. The van der Waals surface area contributed by atoms with Gasteiger partial charge in [-0.15, -0.1) is 11.3 Å². The summed E-state index contributed by atoms with van der Waals surface area (Å²) in [6, 6.07) is 2.19. The standard InChI is InChI=1S/C12H19BrN2O2S2/c1-9(2)14-4-6-15(7-5-14)19(16,17)11-8-12(13)18-10(11)3/h8-9H,4-7H2,1-3H3. The number of nitrogens with zero attached hydrogens (tertiary/aromatic N) is 2. The van der Waals surface area contributed by atoms with Crippen LogP contribution in [0.1, 0.15) is 18.7 Å². The van der Waals surface area contributed by atoms with Crippen molar-refractivity contribution in [3.8, 4) is 0 Å². The van der Waals surface area contributed by atoms with E-state index in [1.807, 2.05) is 6.92 Å². The summed E-state index contributed by atoms with van der Waals surface area (Å²) in [4.78, 5) is 3.60. The van der Waals surface area contributed by atoms with Gasteiger partial charge in [-0.25, -0.2) is 8.42 Å². The number of thiophene rings is 1. The molecule has 0 aliphatic carbocycles. The van der Waals surface area contributed by atoms with E-state index in [2.05, 4.69) is 34.7 Å². The molecule has 0 radical (unpaired) electrons. The van der Waals surface area contributed by atoms with Crippen molar-refractivity contribution >= 4 is 37.3 Å². The van der Waals surface area contributed by atoms with Gasteiger partial charge in [-0.1, -0.05) is 0 Å². The molecule has 0 N–H and O–H groups in total. The highest BCUT2D eigenvalue weighted by atomic mass is 79.9. The predicted octanol–water partition coefficient (Wildman–Crippen LogP) is 2.53. The molecule has 0 unspecified atom stereocenters. The lowest BCUT2D eigenvalue weighted by Crippen LogP contribution is -2.50. The monoisotopic (exact) mass is 366 g/mol. The topological polar surface area (TPSA) is 40.6 Å². The Labute approximate surface area is 127 Å². The molecule has 0 atom stereocenters. The highest BCUT2D eigenvalue weighted by Gasteiger charge is 2.31. The van der Waals surface area contributed by atoms with Gasteiger partial charge in [0.05, 0.1) is 8.68 Å². The maximum Gasteiger partial charge on any atom is 0.244 e. The van der Waals surface area contributed by atoms with Crippen LogP contribution in [0.5, 0.6) is 0 Å². The van der Waals surface area contributed by atoms with E-state index in [1.54, 1.807) is 10.4 Å². The van der Waals surface area contributed by atoms with Crippen molar-refractivity contribution < 1.29 is 8.42 Å². The van der Waals surface area contributed by atoms with Crippen LogP contribution >= 0.6 is 27.3 Å². The smallest absolute Gasteiger partial charge is 0.244 e. The second-order valence-electron chi connectivity index (χ2n) is 5.00. The first-order valence-electron chi connectivity index (χ1n) is 6.32. The van der Waals surface area contributed by atoms with Crippen LogP contribution in [0.2, 0.25) is 0 Å². The summed E-state index contributed by atoms with van der Waals surface area (Å²) in [6.45, 7) is 8.91. The normalized spacial score (nSPS) is 19.2. The van der Waals surface area contributed by atoms with E-state index >= 15 is 0 Å². The molecule has 1 fully saturated rings. The van der Waals surface area contributed by atoms with Crippen molar-refractivity contribution in [2.45, 2.75) is 31.7 Å². The van der Waals surface area contributed by atoms with Gasteiger partial charge in [-0.05, 0) is 42.8 Å². The van der Waals surface area contributed by atoms with E-state index in [9.17, 15) is 8.42 Å². The summed E-state index contributed by atoms with van der Waals surface area (Å²) < 4.78 is 27.7. The Morgan fingerprint density at radius 1 is 1.26 bits per heavy atom. The zero-order chi connectivity index (χ0) is 14.2. The maximum absolute atomic E-state index is 12.6. The summed E-state index contributed by atoms with van der Waals surface area (Å²) >= 11 is 4.82. The second-order valence-corrected chi connectivity index (χ2v) is 9.55. The van der Waals surface area contributed by atoms with Crippen molar-refractivity contribution in [1.82, 2.24) is 9.21 Å². The molecule has 0 amide bonds. The molecule has 2 rings (SSSR count). The second kappa shape index (κ2) is 5.81. The quantitative estimate of drug-likeness (QED) is 0.825. The molecule has 0 saturated carbocycles. The number of aryl methyl sites for hydroxylation is 1. The summed E-state index contributed by atoms with van der Waals surface area (Å²) in [5.74, 6) is 0. The molecule has 1 aromatic rings. The van der Waals surface area contributed by atoms with Gasteiger partial charge in [-0.2, -0.15) is 4.31 Å². The Bertz CT molecular complexity index is 546. The Hall–Kier alpha value is 0.0500. The third kappa shape index (κ3) is 3.21. The average molecular weight is 367 g/mol. The van der Waals surface area contributed by atoms with Gasteiger partial charge in [0.25, 0.3) is 0 Å². The minimum absolute atomic E-state index is 0.447. The molecule has 1 saturated heterocycles. The van der Waals surface area contributed by atoms with Crippen molar-refractivity contribution in [3.63, 3.8) is 0 Å². The van der Waals surface area contributed by atoms with Gasteiger partial charge >= 0.3 is 0 Å². The zero-order valence-corrected chi connectivity index (χ0v) is 14.6. The molecule has 0 bridgehead atoms. The molecule has 108 valence electrons. The van der Waals surface area contributed by atoms with Crippen LogP contribution < -0.4 is 0 Å². The fourth-order valence-corrected chi connectivity index (χ4v) is 6.09. The number of sulfonamides is 1. The molecule has 0 spiro atoms. The fraction of sp³-hybridized carbons (Fsp3) is 0.667. The van der Waals surface area contributed by atoms with Crippen LogP contribution in [0.15, 0.2) is 14.7 Å². The van der Waals surface area contributed by atoms with Crippen LogP contribution in [-0.4, -0.2) is 49.8 Å². The number of hydrogen-bond acceptors (Lipinski definition) is 4. The average Bonchev–Trinajstić information content (AvgIpc) is 2.69. The molecule has 0 aromatic carbocycles. The van der Waals surface area contributed by atoms with Crippen LogP contribution in [0.4, 0.5) is 0 Å². The number of rotatable bonds is 3. The number of piperazine rings is 1. The van der Waals surface area contributed by atoms with Gasteiger partial charge in [-0.3, -0.25) is 4.90 Å². The minimum atomic E-state index is -3.33. The summed E-state index contributed by atoms with van der Waals surface area (Å²) in [6.07, 6.45) is 0. The minimum Gasteiger partial charge on any atom is -0.298 e. The lowest BCUT2D eigenvalue weighted by atomic mass is 10.3. The molecule has 19 heavy (non-hydrogen) atoms. The highest BCUT2D eigenvalue weighted by Crippen LogP contribution is 2.31. The third-order valence-electron chi connectivity index (χ3n) is 3.46. The molecular weight excluding hydrogens is 348 g/mol. The zero-order valence-electron chi connectivity index (χ0n) is 11.4. The van der Waals surface area contributed by atoms with Crippen molar-refractivity contribution in [1.29, 1.82) is 0 Å².